The number of amides is 1. The number of aryl methyl sites for hydroxylation is 1. The molecular weight excluding hydrogens is 412 g/mol. The Balaban J connectivity index is 1.90. The zero-order valence-corrected chi connectivity index (χ0v) is 18.6. The van der Waals surface area contributed by atoms with Crippen LogP contribution in [0.25, 0.3) is 0 Å². The standard InChI is InChI=1S/C24H26N2O4S/c1-18-9-13-20(14-10-18)25-24(27)17-23(19-11-15-21(30-3)16-12-19)26(2)31(28,29)22-7-5-4-6-8-22/h4-16,23H,17H2,1-3H3,(H,25,27)/t23-/m1/s1. The van der Waals surface area contributed by atoms with E-state index in [4.69, 9.17) is 4.74 Å². The molecule has 0 radical (unpaired) electrons. The van der Waals surface area contributed by atoms with Crippen LogP contribution < -0.4 is 10.1 Å². The van der Waals surface area contributed by atoms with Crippen LogP contribution in [0, 0.1) is 6.92 Å². The van der Waals surface area contributed by atoms with Crippen molar-refractivity contribution in [2.45, 2.75) is 24.3 Å². The summed E-state index contributed by atoms with van der Waals surface area (Å²) in [5, 5.41) is 2.85. The average Bonchev–Trinajstić information content (AvgIpc) is 2.79. The Morgan fingerprint density at radius 1 is 0.968 bits per heavy atom. The van der Waals surface area contributed by atoms with Crippen molar-refractivity contribution in [2.75, 3.05) is 19.5 Å². The van der Waals surface area contributed by atoms with Gasteiger partial charge in [0.2, 0.25) is 15.9 Å². The lowest BCUT2D eigenvalue weighted by molar-refractivity contribution is -0.117. The van der Waals surface area contributed by atoms with Gasteiger partial charge in [0.25, 0.3) is 0 Å². The third-order valence-electron chi connectivity index (χ3n) is 5.07. The van der Waals surface area contributed by atoms with Crippen LogP contribution in [-0.2, 0) is 14.8 Å². The molecule has 0 aliphatic rings. The molecule has 3 rings (SSSR count). The minimum atomic E-state index is -3.80. The molecule has 0 fully saturated rings. The fraction of sp³-hybridized carbons (Fsp3) is 0.208. The van der Waals surface area contributed by atoms with E-state index in [0.29, 0.717) is 17.0 Å². The molecule has 1 amide bonds. The smallest absolute Gasteiger partial charge is 0.243 e. The lowest BCUT2D eigenvalue weighted by Gasteiger charge is -2.28. The second kappa shape index (κ2) is 9.76. The van der Waals surface area contributed by atoms with Gasteiger partial charge >= 0.3 is 0 Å². The van der Waals surface area contributed by atoms with E-state index >= 15 is 0 Å². The maximum absolute atomic E-state index is 13.2. The fourth-order valence-electron chi connectivity index (χ4n) is 3.23. The number of ether oxygens (including phenoxy) is 1. The van der Waals surface area contributed by atoms with Crippen molar-refractivity contribution in [2.24, 2.45) is 0 Å². The highest BCUT2D eigenvalue weighted by Gasteiger charge is 2.30. The summed E-state index contributed by atoms with van der Waals surface area (Å²) >= 11 is 0. The van der Waals surface area contributed by atoms with E-state index in [9.17, 15) is 13.2 Å². The van der Waals surface area contributed by atoms with Crippen molar-refractivity contribution in [3.63, 3.8) is 0 Å². The first-order valence-electron chi connectivity index (χ1n) is 9.85. The number of nitrogens with one attached hydrogen (secondary N) is 1. The first-order chi connectivity index (χ1) is 14.8. The van der Waals surface area contributed by atoms with Crippen molar-refractivity contribution < 1.29 is 17.9 Å². The number of hydrogen-bond acceptors (Lipinski definition) is 4. The number of benzene rings is 3. The second-order valence-electron chi connectivity index (χ2n) is 7.24. The van der Waals surface area contributed by atoms with Crippen LogP contribution in [-0.4, -0.2) is 32.8 Å². The largest absolute Gasteiger partial charge is 0.497 e. The maximum Gasteiger partial charge on any atom is 0.243 e. The normalized spacial score (nSPS) is 12.4. The summed E-state index contributed by atoms with van der Waals surface area (Å²) in [6.45, 7) is 1.97. The third kappa shape index (κ3) is 5.51. The number of nitrogens with zero attached hydrogens (tertiary/aromatic N) is 1. The molecular formula is C24H26N2O4S. The minimum absolute atomic E-state index is 0.0389. The van der Waals surface area contributed by atoms with Gasteiger partial charge in [0, 0.05) is 19.2 Å². The molecule has 1 N–H and O–H groups in total. The van der Waals surface area contributed by atoms with Crippen LogP contribution in [0.15, 0.2) is 83.8 Å². The highest BCUT2D eigenvalue weighted by Crippen LogP contribution is 2.30. The van der Waals surface area contributed by atoms with Gasteiger partial charge in [-0.05, 0) is 48.9 Å². The van der Waals surface area contributed by atoms with E-state index < -0.39 is 16.1 Å². The van der Waals surface area contributed by atoms with E-state index in [1.165, 1.54) is 11.4 Å². The molecule has 0 unspecified atom stereocenters. The van der Waals surface area contributed by atoms with E-state index in [1.54, 1.807) is 61.7 Å². The first kappa shape index (κ1) is 22.5. The number of rotatable bonds is 8. The Bertz CT molecular complexity index is 1110. The lowest BCUT2D eigenvalue weighted by atomic mass is 10.0. The van der Waals surface area contributed by atoms with Gasteiger partial charge in [0.15, 0.2) is 0 Å². The van der Waals surface area contributed by atoms with Gasteiger partial charge in [-0.15, -0.1) is 0 Å². The number of methoxy groups -OCH3 is 1. The summed E-state index contributed by atoms with van der Waals surface area (Å²) in [7, 11) is -0.745. The molecule has 0 spiro atoms. The van der Waals surface area contributed by atoms with Gasteiger partial charge < -0.3 is 10.1 Å². The van der Waals surface area contributed by atoms with Crippen LogP contribution in [0.2, 0.25) is 0 Å². The Morgan fingerprint density at radius 3 is 2.16 bits per heavy atom. The Morgan fingerprint density at radius 2 is 1.58 bits per heavy atom. The zero-order valence-electron chi connectivity index (χ0n) is 17.8. The summed E-state index contributed by atoms with van der Waals surface area (Å²) in [6, 6.07) is 22.0. The van der Waals surface area contributed by atoms with Crippen molar-refractivity contribution in [3.8, 4) is 5.75 Å². The molecule has 31 heavy (non-hydrogen) atoms. The van der Waals surface area contributed by atoms with Crippen LogP contribution in [0.1, 0.15) is 23.6 Å². The summed E-state index contributed by atoms with van der Waals surface area (Å²) in [5.74, 6) is 0.375. The van der Waals surface area contributed by atoms with Crippen molar-refractivity contribution in [1.29, 1.82) is 0 Å². The summed E-state index contributed by atoms with van der Waals surface area (Å²) in [5.41, 5.74) is 2.45. The van der Waals surface area contributed by atoms with Gasteiger partial charge in [0.05, 0.1) is 18.0 Å². The molecule has 0 saturated carbocycles. The Hall–Kier alpha value is -3.16. The van der Waals surface area contributed by atoms with Crippen LogP contribution in [0.3, 0.4) is 0 Å². The van der Waals surface area contributed by atoms with Crippen LogP contribution in [0.4, 0.5) is 5.69 Å². The molecule has 0 aliphatic heterocycles. The van der Waals surface area contributed by atoms with E-state index in [-0.39, 0.29) is 17.2 Å². The summed E-state index contributed by atoms with van der Waals surface area (Å²) in [6.07, 6.45) is -0.0389. The van der Waals surface area contributed by atoms with Gasteiger partial charge in [-0.2, -0.15) is 4.31 Å². The third-order valence-corrected chi connectivity index (χ3v) is 6.95. The number of anilines is 1. The van der Waals surface area contributed by atoms with Gasteiger partial charge in [-0.1, -0.05) is 48.0 Å². The molecule has 1 atom stereocenters. The van der Waals surface area contributed by atoms with E-state index in [1.807, 2.05) is 31.2 Å². The highest BCUT2D eigenvalue weighted by molar-refractivity contribution is 7.89. The fourth-order valence-corrected chi connectivity index (χ4v) is 4.60. The SMILES string of the molecule is COc1ccc([C@@H](CC(=O)Nc2ccc(C)cc2)N(C)S(=O)(=O)c2ccccc2)cc1. The van der Waals surface area contributed by atoms with Crippen molar-refractivity contribution in [1.82, 2.24) is 4.31 Å². The number of sulfonamides is 1. The monoisotopic (exact) mass is 438 g/mol. The summed E-state index contributed by atoms with van der Waals surface area (Å²) < 4.78 is 32.9. The highest BCUT2D eigenvalue weighted by atomic mass is 32.2. The van der Waals surface area contributed by atoms with Crippen LogP contribution in [0.5, 0.6) is 5.75 Å². The molecule has 3 aromatic carbocycles. The predicted molar refractivity (Wildman–Crippen MR) is 122 cm³/mol. The number of carbonyl (C=O) groups excluding carboxylic acids is 1. The number of carbonyl (C=O) groups is 1. The number of hydrogen-bond donors (Lipinski definition) is 1. The average molecular weight is 439 g/mol. The predicted octanol–water partition coefficient (Wildman–Crippen LogP) is 4.39. The van der Waals surface area contributed by atoms with Crippen molar-refractivity contribution >= 4 is 21.6 Å². The molecule has 7 heteroatoms. The molecule has 6 nitrogen and oxygen atoms in total. The maximum atomic E-state index is 13.2. The van der Waals surface area contributed by atoms with Gasteiger partial charge in [0.1, 0.15) is 5.75 Å². The molecule has 0 aliphatic carbocycles. The Kier molecular flexibility index (Phi) is 7.09. The van der Waals surface area contributed by atoms with Crippen molar-refractivity contribution in [3.05, 3.63) is 90.0 Å². The van der Waals surface area contributed by atoms with Crippen LogP contribution >= 0.6 is 0 Å². The molecule has 0 heterocycles. The molecule has 3 aromatic rings. The first-order valence-corrected chi connectivity index (χ1v) is 11.3. The molecule has 0 aromatic heterocycles. The second-order valence-corrected chi connectivity index (χ2v) is 9.24. The topological polar surface area (TPSA) is 75.7 Å². The molecule has 162 valence electrons. The van der Waals surface area contributed by atoms with E-state index in [0.717, 1.165) is 5.56 Å². The molecule has 0 bridgehead atoms. The minimum Gasteiger partial charge on any atom is -0.497 e. The summed E-state index contributed by atoms with van der Waals surface area (Å²) in [4.78, 5) is 13.0. The zero-order chi connectivity index (χ0) is 22.4. The van der Waals surface area contributed by atoms with Gasteiger partial charge in [-0.3, -0.25) is 4.79 Å². The van der Waals surface area contributed by atoms with Gasteiger partial charge in [-0.25, -0.2) is 8.42 Å². The molecule has 0 saturated heterocycles. The Labute approximate surface area is 183 Å². The van der Waals surface area contributed by atoms with E-state index in [2.05, 4.69) is 5.32 Å². The quantitative estimate of drug-likeness (QED) is 0.566. The lowest BCUT2D eigenvalue weighted by Crippen LogP contribution is -2.33.